The molecule has 0 unspecified atom stereocenters. The van der Waals surface area contributed by atoms with Gasteiger partial charge in [-0.2, -0.15) is 5.10 Å². The van der Waals surface area contributed by atoms with Gasteiger partial charge in [0.05, 0.1) is 16.3 Å². The molecule has 0 radical (unpaired) electrons. The minimum atomic E-state index is -3.37. The van der Waals surface area contributed by atoms with Gasteiger partial charge in [0.25, 0.3) is 5.91 Å². The van der Waals surface area contributed by atoms with Crippen molar-refractivity contribution in [2.45, 2.75) is 57.5 Å². The summed E-state index contributed by atoms with van der Waals surface area (Å²) >= 11 is 0. The summed E-state index contributed by atoms with van der Waals surface area (Å²) in [7, 11) is -3.37. The topological polar surface area (TPSA) is 90.1 Å². The second-order valence-electron chi connectivity index (χ2n) is 8.66. The van der Waals surface area contributed by atoms with Crippen LogP contribution < -0.4 is 0 Å². The van der Waals surface area contributed by atoms with Crippen molar-refractivity contribution >= 4 is 15.7 Å². The molecule has 3 heterocycles. The summed E-state index contributed by atoms with van der Waals surface area (Å²) in [5, 5.41) is 4.39. The van der Waals surface area contributed by atoms with Gasteiger partial charge in [0.15, 0.2) is 9.84 Å². The van der Waals surface area contributed by atoms with E-state index in [0.717, 1.165) is 29.9 Å². The molecule has 9 heteroatoms. The van der Waals surface area contributed by atoms with Crippen molar-refractivity contribution in [3.63, 3.8) is 0 Å². The molecule has 1 aliphatic rings. The fourth-order valence-electron chi connectivity index (χ4n) is 4.41. The molecule has 4 rings (SSSR count). The molecular formula is C24H31N5O3S. The summed E-state index contributed by atoms with van der Waals surface area (Å²) < 4.78 is 29.2. The number of rotatable bonds is 7. The number of benzene rings is 1. The van der Waals surface area contributed by atoms with Crippen LogP contribution in [0.2, 0.25) is 0 Å². The first-order valence-electron chi connectivity index (χ1n) is 11.4. The zero-order valence-corrected chi connectivity index (χ0v) is 20.3. The smallest absolute Gasteiger partial charge is 0.272 e. The monoisotopic (exact) mass is 469 g/mol. The molecule has 1 amide bonds. The van der Waals surface area contributed by atoms with Gasteiger partial charge < -0.3 is 9.47 Å². The van der Waals surface area contributed by atoms with Crippen LogP contribution in [0.5, 0.6) is 0 Å². The molecular weight excluding hydrogens is 438 g/mol. The maximum Gasteiger partial charge on any atom is 0.272 e. The SMILES string of the molecule is CCn1nc(C)cc1C(=O)N1CCC(c2nccn2CCS(=O)(=O)c2ccc(C)cc2)CC1. The molecule has 1 aromatic carbocycles. The number of sulfone groups is 1. The van der Waals surface area contributed by atoms with E-state index in [-0.39, 0.29) is 17.6 Å². The summed E-state index contributed by atoms with van der Waals surface area (Å²) in [5.74, 6) is 1.14. The van der Waals surface area contributed by atoms with Crippen molar-refractivity contribution in [2.75, 3.05) is 18.8 Å². The zero-order chi connectivity index (χ0) is 23.6. The van der Waals surface area contributed by atoms with Gasteiger partial charge in [0, 0.05) is 44.5 Å². The molecule has 3 aromatic rings. The molecule has 33 heavy (non-hydrogen) atoms. The normalized spacial score (nSPS) is 15.2. The fourth-order valence-corrected chi connectivity index (χ4v) is 5.64. The first kappa shape index (κ1) is 23.2. The molecule has 2 aromatic heterocycles. The number of aromatic nitrogens is 4. The number of hydrogen-bond donors (Lipinski definition) is 0. The Morgan fingerprint density at radius 2 is 1.82 bits per heavy atom. The maximum absolute atomic E-state index is 13.0. The summed E-state index contributed by atoms with van der Waals surface area (Å²) in [6, 6.07) is 8.81. The fraction of sp³-hybridized carbons (Fsp3) is 0.458. The van der Waals surface area contributed by atoms with Gasteiger partial charge in [0.2, 0.25) is 0 Å². The van der Waals surface area contributed by atoms with Gasteiger partial charge in [-0.05, 0) is 51.8 Å². The van der Waals surface area contributed by atoms with E-state index in [1.807, 2.05) is 54.6 Å². The van der Waals surface area contributed by atoms with Gasteiger partial charge in [-0.15, -0.1) is 0 Å². The average Bonchev–Trinajstić information content (AvgIpc) is 3.44. The molecule has 0 spiro atoms. The van der Waals surface area contributed by atoms with Gasteiger partial charge >= 0.3 is 0 Å². The number of piperidine rings is 1. The van der Waals surface area contributed by atoms with Crippen molar-refractivity contribution in [3.8, 4) is 0 Å². The Kier molecular flexibility index (Phi) is 6.69. The molecule has 176 valence electrons. The standard InChI is InChI=1S/C24H31N5O3S/c1-4-29-22(17-19(3)26-29)24(30)28-12-9-20(10-13-28)23-25-11-14-27(23)15-16-33(31,32)21-7-5-18(2)6-8-21/h5-8,11,14,17,20H,4,9-10,12-13,15-16H2,1-3H3. The van der Waals surface area contributed by atoms with Gasteiger partial charge in [0.1, 0.15) is 11.5 Å². The van der Waals surface area contributed by atoms with E-state index < -0.39 is 9.84 Å². The summed E-state index contributed by atoms with van der Waals surface area (Å²) in [5.41, 5.74) is 2.51. The van der Waals surface area contributed by atoms with Crippen LogP contribution in [0.3, 0.4) is 0 Å². The highest BCUT2D eigenvalue weighted by Crippen LogP contribution is 2.28. The van der Waals surface area contributed by atoms with Crippen molar-refractivity contribution in [1.29, 1.82) is 0 Å². The summed E-state index contributed by atoms with van der Waals surface area (Å²) in [4.78, 5) is 19.8. The van der Waals surface area contributed by atoms with Crippen LogP contribution >= 0.6 is 0 Å². The van der Waals surface area contributed by atoms with Crippen LogP contribution in [0.15, 0.2) is 47.6 Å². The van der Waals surface area contributed by atoms with E-state index in [0.29, 0.717) is 36.8 Å². The molecule has 0 aliphatic carbocycles. The number of aryl methyl sites for hydroxylation is 4. The summed E-state index contributed by atoms with van der Waals surface area (Å²) in [6.07, 6.45) is 5.17. The number of carbonyl (C=O) groups is 1. The van der Waals surface area contributed by atoms with E-state index in [1.165, 1.54) is 0 Å². The molecule has 0 bridgehead atoms. The van der Waals surface area contributed by atoms with Crippen molar-refractivity contribution < 1.29 is 13.2 Å². The van der Waals surface area contributed by atoms with Gasteiger partial charge in [-0.1, -0.05) is 17.7 Å². The second-order valence-corrected chi connectivity index (χ2v) is 10.8. The van der Waals surface area contributed by atoms with E-state index in [9.17, 15) is 13.2 Å². The lowest BCUT2D eigenvalue weighted by Crippen LogP contribution is -2.39. The van der Waals surface area contributed by atoms with E-state index in [2.05, 4.69) is 10.1 Å². The predicted octanol–water partition coefficient (Wildman–Crippen LogP) is 3.21. The van der Waals surface area contributed by atoms with Crippen LogP contribution in [-0.2, 0) is 22.9 Å². The van der Waals surface area contributed by atoms with Crippen molar-refractivity contribution in [3.05, 3.63) is 65.5 Å². The maximum atomic E-state index is 13.0. The molecule has 1 saturated heterocycles. The zero-order valence-electron chi connectivity index (χ0n) is 19.4. The first-order valence-corrected chi connectivity index (χ1v) is 13.1. The highest BCUT2D eigenvalue weighted by atomic mass is 32.2. The molecule has 8 nitrogen and oxygen atoms in total. The highest BCUT2D eigenvalue weighted by Gasteiger charge is 2.29. The third-order valence-electron chi connectivity index (χ3n) is 6.30. The van der Waals surface area contributed by atoms with E-state index >= 15 is 0 Å². The van der Waals surface area contributed by atoms with E-state index in [4.69, 9.17) is 0 Å². The number of hydrogen-bond acceptors (Lipinski definition) is 5. The number of imidazole rings is 1. The Labute approximate surface area is 195 Å². The van der Waals surface area contributed by atoms with E-state index in [1.54, 1.807) is 23.0 Å². The van der Waals surface area contributed by atoms with Crippen molar-refractivity contribution in [1.82, 2.24) is 24.2 Å². The Morgan fingerprint density at radius 1 is 1.12 bits per heavy atom. The molecule has 0 saturated carbocycles. The lowest BCUT2D eigenvalue weighted by Gasteiger charge is -2.32. The predicted molar refractivity (Wildman–Crippen MR) is 126 cm³/mol. The Bertz CT molecular complexity index is 1220. The van der Waals surface area contributed by atoms with Gasteiger partial charge in [-0.3, -0.25) is 9.48 Å². The lowest BCUT2D eigenvalue weighted by atomic mass is 9.95. The van der Waals surface area contributed by atoms with Crippen LogP contribution in [0, 0.1) is 13.8 Å². The third-order valence-corrected chi connectivity index (χ3v) is 8.01. The third kappa shape index (κ3) is 5.03. The number of nitrogens with zero attached hydrogens (tertiary/aromatic N) is 5. The van der Waals surface area contributed by atoms with Crippen LogP contribution in [-0.4, -0.2) is 57.4 Å². The van der Waals surface area contributed by atoms with Crippen LogP contribution in [0.4, 0.5) is 0 Å². The molecule has 1 fully saturated rings. The lowest BCUT2D eigenvalue weighted by molar-refractivity contribution is 0.0697. The van der Waals surface area contributed by atoms with Crippen LogP contribution in [0.25, 0.3) is 0 Å². The minimum absolute atomic E-state index is 0.0171. The minimum Gasteiger partial charge on any atom is -0.337 e. The molecule has 0 atom stereocenters. The average molecular weight is 470 g/mol. The quantitative estimate of drug-likeness (QED) is 0.530. The number of carbonyl (C=O) groups excluding carboxylic acids is 1. The highest BCUT2D eigenvalue weighted by molar-refractivity contribution is 7.91. The second kappa shape index (κ2) is 9.51. The Hall–Kier alpha value is -2.94. The van der Waals surface area contributed by atoms with Gasteiger partial charge in [-0.25, -0.2) is 13.4 Å². The number of amides is 1. The summed E-state index contributed by atoms with van der Waals surface area (Å²) in [6.45, 7) is 8.13. The van der Waals surface area contributed by atoms with Crippen LogP contribution in [0.1, 0.15) is 53.3 Å². The Morgan fingerprint density at radius 3 is 2.48 bits per heavy atom. The first-order chi connectivity index (χ1) is 15.8. The molecule has 0 N–H and O–H groups in total. The largest absolute Gasteiger partial charge is 0.337 e. The Balaban J connectivity index is 1.39. The molecule has 1 aliphatic heterocycles. The van der Waals surface area contributed by atoms with Crippen molar-refractivity contribution in [2.24, 2.45) is 0 Å². The number of likely N-dealkylation sites (tertiary alicyclic amines) is 1.